The second-order valence-electron chi connectivity index (χ2n) is 15.2. The summed E-state index contributed by atoms with van der Waals surface area (Å²) in [6.07, 6.45) is 0.667. The molecule has 1 amide bonds. The van der Waals surface area contributed by atoms with Crippen LogP contribution < -0.4 is 30.0 Å². The number of amides is 1. The third-order valence-electron chi connectivity index (χ3n) is 10.4. The van der Waals surface area contributed by atoms with Crippen LogP contribution in [0.5, 0.6) is 17.2 Å². The number of ether oxygens (including phenoxy) is 4. The van der Waals surface area contributed by atoms with Crippen LogP contribution in [0.15, 0.2) is 143 Å². The Morgan fingerprint density at radius 3 is 1.90 bits per heavy atom. The highest BCUT2D eigenvalue weighted by molar-refractivity contribution is 7.92. The monoisotopic (exact) mass is 947 g/mol. The Morgan fingerprint density at radius 2 is 1.33 bits per heavy atom. The smallest absolute Gasteiger partial charge is 0.407 e. The van der Waals surface area contributed by atoms with E-state index in [1.54, 1.807) is 86.0 Å². The number of tetrazole rings is 1. The predicted molar refractivity (Wildman–Crippen MR) is 250 cm³/mol. The van der Waals surface area contributed by atoms with Crippen molar-refractivity contribution in [3.8, 4) is 39.8 Å². The number of nitrogen functional groups attached to an aromatic ring is 1. The number of carbonyl (C=O) groups is 1. The van der Waals surface area contributed by atoms with Crippen LogP contribution in [0, 0.1) is 0 Å². The summed E-state index contributed by atoms with van der Waals surface area (Å²) in [5, 5.41) is 15.9. The van der Waals surface area contributed by atoms with Crippen LogP contribution in [0.2, 0.25) is 0 Å². The van der Waals surface area contributed by atoms with Gasteiger partial charge in [0.2, 0.25) is 25.9 Å². The second-order valence-corrected chi connectivity index (χ2v) is 18.8. The van der Waals surface area contributed by atoms with Crippen molar-refractivity contribution < 1.29 is 40.6 Å². The van der Waals surface area contributed by atoms with Crippen LogP contribution in [0.4, 0.5) is 10.6 Å². The minimum absolute atomic E-state index is 0.00540. The average Bonchev–Trinajstić information content (AvgIpc) is 3.80. The van der Waals surface area contributed by atoms with Gasteiger partial charge in [-0.05, 0) is 100 Å². The number of aromatic nitrogens is 5. The lowest BCUT2D eigenvalue weighted by molar-refractivity contribution is 0.139. The van der Waals surface area contributed by atoms with Crippen molar-refractivity contribution >= 4 is 32.0 Å². The molecule has 348 valence electrons. The molecule has 0 saturated heterocycles. The molecule has 18 nitrogen and oxygen atoms in total. The molecule has 7 aromatic rings. The molecule has 0 saturated carbocycles. The van der Waals surface area contributed by atoms with Crippen molar-refractivity contribution in [2.45, 2.75) is 49.0 Å². The minimum atomic E-state index is -4.93. The number of methoxy groups -OCH3 is 3. The van der Waals surface area contributed by atoms with Crippen molar-refractivity contribution in [1.29, 1.82) is 0 Å². The van der Waals surface area contributed by atoms with Crippen molar-refractivity contribution in [1.82, 2.24) is 39.5 Å². The topological polar surface area (TPSA) is 232 Å². The van der Waals surface area contributed by atoms with Gasteiger partial charge in [-0.15, -0.1) is 10.2 Å². The summed E-state index contributed by atoms with van der Waals surface area (Å²) in [7, 11) is -5.11. The van der Waals surface area contributed by atoms with Crippen LogP contribution in [0.1, 0.15) is 29.2 Å². The van der Waals surface area contributed by atoms with Gasteiger partial charge in [0.15, 0.2) is 0 Å². The van der Waals surface area contributed by atoms with Crippen molar-refractivity contribution in [2.75, 3.05) is 33.6 Å². The zero-order valence-corrected chi connectivity index (χ0v) is 38.7. The van der Waals surface area contributed by atoms with Crippen LogP contribution in [-0.4, -0.2) is 86.3 Å². The number of nitrogens with two attached hydrogens (primary N) is 1. The summed E-state index contributed by atoms with van der Waals surface area (Å²) in [4.78, 5) is 16.8. The molecule has 0 fully saturated rings. The Bertz CT molecular complexity index is 2960. The molecule has 0 bridgehead atoms. The fraction of sp³-hybridized carbons (Fsp3) is 0.213. The standard InChI is InChI=1S/C47H49N9O9S2/c1-32(27-50-47(57)65-31-36-8-6-5-7-9-36)53-66(58,59)42-23-22-41(37-24-25-49-43(48)26-37)44(46-51-54-56(52-46)30-35-14-20-40(64-4)21-15-35)45(42)67(60,61)55(28-33-10-16-38(62-2)17-11-33)29-34-12-18-39(63-3)19-13-34/h5-26,32,53H,27-31H2,1-4H3,(H2,48,49)(H,50,57). The number of alkyl carbamates (subject to hydrolysis) is 1. The molecule has 2 heterocycles. The molecule has 20 heteroatoms. The molecule has 2 aromatic heterocycles. The molecule has 0 radical (unpaired) electrons. The van der Waals surface area contributed by atoms with E-state index < -0.39 is 42.0 Å². The van der Waals surface area contributed by atoms with Gasteiger partial charge in [-0.2, -0.15) is 9.10 Å². The number of nitrogens with one attached hydrogen (secondary N) is 2. The lowest BCUT2D eigenvalue weighted by Gasteiger charge is -2.26. The number of rotatable bonds is 20. The summed E-state index contributed by atoms with van der Waals surface area (Å²) in [5.41, 5.74) is 9.31. The second kappa shape index (κ2) is 21.3. The lowest BCUT2D eigenvalue weighted by Crippen LogP contribution is -2.42. The number of pyridine rings is 1. The molecule has 0 aliphatic carbocycles. The molecule has 67 heavy (non-hydrogen) atoms. The molecule has 7 rings (SSSR count). The van der Waals surface area contributed by atoms with E-state index in [2.05, 4.69) is 30.4 Å². The van der Waals surface area contributed by atoms with Gasteiger partial charge < -0.3 is 30.0 Å². The van der Waals surface area contributed by atoms with E-state index in [-0.39, 0.29) is 55.6 Å². The highest BCUT2D eigenvalue weighted by atomic mass is 32.2. The third-order valence-corrected chi connectivity index (χ3v) is 14.1. The van der Waals surface area contributed by atoms with Gasteiger partial charge in [0.05, 0.1) is 33.4 Å². The summed E-state index contributed by atoms with van der Waals surface area (Å²) < 4.78 is 86.7. The van der Waals surface area contributed by atoms with Gasteiger partial charge in [-0.25, -0.2) is 31.3 Å². The third kappa shape index (κ3) is 11.9. The molecule has 5 aromatic carbocycles. The largest absolute Gasteiger partial charge is 0.497 e. The van der Waals surface area contributed by atoms with Crippen molar-refractivity contribution in [3.63, 3.8) is 0 Å². The van der Waals surface area contributed by atoms with Crippen molar-refractivity contribution in [3.05, 3.63) is 156 Å². The zero-order valence-electron chi connectivity index (χ0n) is 37.1. The van der Waals surface area contributed by atoms with Crippen LogP contribution in [0.25, 0.3) is 22.5 Å². The molecule has 0 aliphatic rings. The van der Waals surface area contributed by atoms with E-state index in [4.69, 9.17) is 24.7 Å². The first-order valence-corrected chi connectivity index (χ1v) is 23.7. The van der Waals surface area contributed by atoms with Gasteiger partial charge in [0.1, 0.15) is 39.5 Å². The summed E-state index contributed by atoms with van der Waals surface area (Å²) in [6, 6.07) is 34.7. The molecule has 4 N–H and O–H groups in total. The van der Waals surface area contributed by atoms with Crippen LogP contribution in [-0.2, 0) is 51.0 Å². The molecule has 1 atom stereocenters. The summed E-state index contributed by atoms with van der Waals surface area (Å²) in [6.45, 7) is 1.01. The highest BCUT2D eigenvalue weighted by Crippen LogP contribution is 2.41. The van der Waals surface area contributed by atoms with E-state index in [1.807, 2.05) is 30.3 Å². The average molecular weight is 948 g/mol. The lowest BCUT2D eigenvalue weighted by atomic mass is 10.00. The number of hydrogen-bond donors (Lipinski definition) is 3. The van der Waals surface area contributed by atoms with Crippen molar-refractivity contribution in [2.24, 2.45) is 0 Å². The normalized spacial score (nSPS) is 12.1. The zero-order chi connectivity index (χ0) is 47.6. The maximum absolute atomic E-state index is 15.9. The first-order chi connectivity index (χ1) is 32.3. The fourth-order valence-electron chi connectivity index (χ4n) is 7.02. The number of carbonyl (C=O) groups excluding carboxylic acids is 1. The Morgan fingerprint density at radius 1 is 0.746 bits per heavy atom. The molecule has 0 aliphatic heterocycles. The van der Waals surface area contributed by atoms with Crippen LogP contribution in [0.3, 0.4) is 0 Å². The Kier molecular flexibility index (Phi) is 15.1. The Labute approximate surface area is 388 Å². The summed E-state index contributed by atoms with van der Waals surface area (Å²) >= 11 is 0. The van der Waals surface area contributed by atoms with Gasteiger partial charge in [0.25, 0.3) is 0 Å². The fourth-order valence-corrected chi connectivity index (χ4v) is 10.7. The quantitative estimate of drug-likeness (QED) is 0.0791. The van der Waals surface area contributed by atoms with Gasteiger partial charge >= 0.3 is 6.09 Å². The first-order valence-electron chi connectivity index (χ1n) is 20.8. The Balaban J connectivity index is 1.37. The van der Waals surface area contributed by atoms with Gasteiger partial charge in [0, 0.05) is 31.9 Å². The van der Waals surface area contributed by atoms with Gasteiger partial charge in [-0.3, -0.25) is 0 Å². The Hall–Kier alpha value is -7.39. The maximum atomic E-state index is 15.9. The molecule has 0 spiro atoms. The van der Waals surface area contributed by atoms with Crippen LogP contribution >= 0.6 is 0 Å². The van der Waals surface area contributed by atoms with Gasteiger partial charge in [-0.1, -0.05) is 72.8 Å². The molecular weight excluding hydrogens is 899 g/mol. The van der Waals surface area contributed by atoms with E-state index in [0.717, 1.165) is 11.1 Å². The van der Waals surface area contributed by atoms with E-state index in [0.29, 0.717) is 33.9 Å². The molecule has 1 unspecified atom stereocenters. The highest BCUT2D eigenvalue weighted by Gasteiger charge is 2.38. The number of sulfonamides is 2. The number of nitrogens with zero attached hydrogens (tertiary/aromatic N) is 6. The minimum Gasteiger partial charge on any atom is -0.497 e. The number of hydrogen-bond acceptors (Lipinski definition) is 14. The van der Waals surface area contributed by atoms with E-state index in [9.17, 15) is 13.2 Å². The molecular formula is C47H49N9O9S2. The van der Waals surface area contributed by atoms with E-state index >= 15 is 8.42 Å². The first kappa shape index (κ1) is 47.6. The summed E-state index contributed by atoms with van der Waals surface area (Å²) in [5.74, 6) is 1.67. The van der Waals surface area contributed by atoms with E-state index in [1.165, 1.54) is 54.6 Å². The predicted octanol–water partition coefficient (Wildman–Crippen LogP) is 6.04. The SMILES string of the molecule is COc1ccc(CN(Cc2ccc(OC)cc2)S(=O)(=O)c2c(S(=O)(=O)NC(C)CNC(=O)OCc3ccccc3)ccc(-c3ccnc(N)c3)c2-c2nnn(Cc3ccc(OC)cc3)n2)cc1. The number of anilines is 1. The number of benzene rings is 5. The maximum Gasteiger partial charge on any atom is 0.407 e.